The highest BCUT2D eigenvalue weighted by Gasteiger charge is 2.21. The van der Waals surface area contributed by atoms with E-state index in [2.05, 4.69) is 17.0 Å². The van der Waals surface area contributed by atoms with Crippen LogP contribution in [0, 0.1) is 6.92 Å². The van der Waals surface area contributed by atoms with Crippen LogP contribution in [-0.4, -0.2) is 33.0 Å². The molecule has 6 nitrogen and oxygen atoms in total. The number of aryl methyl sites for hydroxylation is 2. The second kappa shape index (κ2) is 7.34. The number of benzene rings is 1. The second-order valence-electron chi connectivity index (χ2n) is 6.21. The third-order valence-electron chi connectivity index (χ3n) is 4.31. The van der Waals surface area contributed by atoms with Gasteiger partial charge in [0, 0.05) is 18.7 Å². The van der Waals surface area contributed by atoms with Crippen LogP contribution in [0.15, 0.2) is 43.0 Å². The third-order valence-corrected chi connectivity index (χ3v) is 4.31. The van der Waals surface area contributed by atoms with Gasteiger partial charge in [-0.1, -0.05) is 18.7 Å². The molecule has 1 N–H and O–H groups in total. The molecule has 0 bridgehead atoms. The predicted octanol–water partition coefficient (Wildman–Crippen LogP) is 2.29. The molecule has 0 unspecified atom stereocenters. The number of fused-ring (bicyclic) bond motifs is 1. The zero-order valence-electron chi connectivity index (χ0n) is 14.4. The van der Waals surface area contributed by atoms with Crippen molar-refractivity contribution in [1.29, 1.82) is 0 Å². The predicted molar refractivity (Wildman–Crippen MR) is 96.0 cm³/mol. The van der Waals surface area contributed by atoms with E-state index in [-0.39, 0.29) is 11.8 Å². The Kier molecular flexibility index (Phi) is 4.97. The molecule has 2 aromatic rings. The summed E-state index contributed by atoms with van der Waals surface area (Å²) in [6, 6.07) is 9.57. The molecule has 0 fully saturated rings. The number of hydrogen-bond acceptors (Lipinski definition) is 3. The van der Waals surface area contributed by atoms with Gasteiger partial charge in [-0.15, -0.1) is 0 Å². The first-order valence-corrected chi connectivity index (χ1v) is 8.38. The van der Waals surface area contributed by atoms with Crippen LogP contribution in [0.4, 0.5) is 5.69 Å². The molecule has 1 aliphatic rings. The molecule has 130 valence electrons. The summed E-state index contributed by atoms with van der Waals surface area (Å²) in [7, 11) is 0. The van der Waals surface area contributed by atoms with Gasteiger partial charge in [0.15, 0.2) is 0 Å². The van der Waals surface area contributed by atoms with Crippen molar-refractivity contribution in [2.45, 2.75) is 32.9 Å². The van der Waals surface area contributed by atoms with Crippen LogP contribution < -0.4 is 5.32 Å². The van der Waals surface area contributed by atoms with Gasteiger partial charge in [0.1, 0.15) is 0 Å². The summed E-state index contributed by atoms with van der Waals surface area (Å²) in [5.74, 6) is -0.0726. The summed E-state index contributed by atoms with van der Waals surface area (Å²) in [4.78, 5) is 25.6. The van der Waals surface area contributed by atoms with Crippen molar-refractivity contribution in [3.05, 3.63) is 59.9 Å². The molecule has 25 heavy (non-hydrogen) atoms. The average Bonchev–Trinajstić information content (AvgIpc) is 2.99. The summed E-state index contributed by atoms with van der Waals surface area (Å²) in [6.45, 7) is 7.49. The van der Waals surface area contributed by atoms with Crippen LogP contribution in [0.2, 0.25) is 0 Å². The number of nitrogens with zero attached hydrogens (tertiary/aromatic N) is 3. The number of amides is 2. The van der Waals surface area contributed by atoms with E-state index in [0.29, 0.717) is 25.9 Å². The highest BCUT2D eigenvalue weighted by molar-refractivity contribution is 5.98. The minimum absolute atomic E-state index is 0.161. The smallest absolute Gasteiger partial charge is 0.247 e. The maximum absolute atomic E-state index is 12.5. The minimum Gasteiger partial charge on any atom is -0.335 e. The standard InChI is InChI=1S/C19H22N4O2/c1-3-18(24)20-16-7-4-15(5-8-16)6-9-19(25)22-10-11-23-17(13-22)12-14(2)21-23/h3-5,7-8,12H,1,6,9-11,13H2,2H3,(H,20,24). The Morgan fingerprint density at radius 3 is 2.76 bits per heavy atom. The molecule has 0 spiro atoms. The van der Waals surface area contributed by atoms with Crippen molar-refractivity contribution < 1.29 is 9.59 Å². The second-order valence-corrected chi connectivity index (χ2v) is 6.21. The number of rotatable bonds is 5. The topological polar surface area (TPSA) is 67.2 Å². The molecule has 0 aliphatic carbocycles. The fraction of sp³-hybridized carbons (Fsp3) is 0.316. The van der Waals surface area contributed by atoms with Crippen LogP contribution in [0.25, 0.3) is 0 Å². The van der Waals surface area contributed by atoms with E-state index in [4.69, 9.17) is 0 Å². The quantitative estimate of drug-likeness (QED) is 0.851. The zero-order chi connectivity index (χ0) is 17.8. The highest BCUT2D eigenvalue weighted by Crippen LogP contribution is 2.16. The molecular weight excluding hydrogens is 316 g/mol. The maximum atomic E-state index is 12.5. The van der Waals surface area contributed by atoms with Crippen molar-refractivity contribution in [1.82, 2.24) is 14.7 Å². The minimum atomic E-state index is -0.234. The Labute approximate surface area is 147 Å². The van der Waals surface area contributed by atoms with Gasteiger partial charge >= 0.3 is 0 Å². The number of carbonyl (C=O) groups excluding carboxylic acids is 2. The van der Waals surface area contributed by atoms with Crippen LogP contribution in [-0.2, 0) is 29.1 Å². The van der Waals surface area contributed by atoms with Crippen LogP contribution in [0.3, 0.4) is 0 Å². The Balaban J connectivity index is 1.52. The molecule has 1 aromatic carbocycles. The molecule has 3 rings (SSSR count). The van der Waals surface area contributed by atoms with Gasteiger partial charge in [-0.25, -0.2) is 0 Å². The van der Waals surface area contributed by atoms with E-state index in [0.717, 1.165) is 29.2 Å². The van der Waals surface area contributed by atoms with Gasteiger partial charge in [0.05, 0.1) is 24.5 Å². The Bertz CT molecular complexity index is 792. The Morgan fingerprint density at radius 2 is 2.04 bits per heavy atom. The Hall–Kier alpha value is -2.89. The summed E-state index contributed by atoms with van der Waals surface area (Å²) < 4.78 is 1.98. The fourth-order valence-corrected chi connectivity index (χ4v) is 2.98. The van der Waals surface area contributed by atoms with E-state index < -0.39 is 0 Å². The SMILES string of the molecule is C=CC(=O)Nc1ccc(CCC(=O)N2CCn3nc(C)cc3C2)cc1. The number of hydrogen-bond donors (Lipinski definition) is 1. The van der Waals surface area contributed by atoms with Crippen molar-refractivity contribution >= 4 is 17.5 Å². The first-order valence-electron chi connectivity index (χ1n) is 8.38. The molecule has 6 heteroatoms. The molecular formula is C19H22N4O2. The average molecular weight is 338 g/mol. The van der Waals surface area contributed by atoms with E-state index in [1.54, 1.807) is 0 Å². The van der Waals surface area contributed by atoms with Crippen LogP contribution in [0.5, 0.6) is 0 Å². The molecule has 2 amide bonds. The highest BCUT2D eigenvalue weighted by atomic mass is 16.2. The van der Waals surface area contributed by atoms with Crippen molar-refractivity contribution in [2.75, 3.05) is 11.9 Å². The normalized spacial score (nSPS) is 13.2. The fourth-order valence-electron chi connectivity index (χ4n) is 2.98. The zero-order valence-corrected chi connectivity index (χ0v) is 14.4. The molecule has 0 radical (unpaired) electrons. The summed E-state index contributed by atoms with van der Waals surface area (Å²) in [5.41, 5.74) is 3.88. The Morgan fingerprint density at radius 1 is 1.28 bits per heavy atom. The lowest BCUT2D eigenvalue weighted by Crippen LogP contribution is -2.38. The van der Waals surface area contributed by atoms with E-state index >= 15 is 0 Å². The molecule has 0 atom stereocenters. The molecule has 1 aliphatic heterocycles. The number of aromatic nitrogens is 2. The lowest BCUT2D eigenvalue weighted by Gasteiger charge is -2.27. The number of anilines is 1. The first-order chi connectivity index (χ1) is 12.0. The maximum Gasteiger partial charge on any atom is 0.247 e. The summed E-state index contributed by atoms with van der Waals surface area (Å²) in [6.07, 6.45) is 2.40. The van der Waals surface area contributed by atoms with Gasteiger partial charge in [-0.3, -0.25) is 14.3 Å². The van der Waals surface area contributed by atoms with E-state index in [1.807, 2.05) is 46.8 Å². The molecule has 1 aromatic heterocycles. The molecule has 2 heterocycles. The number of carbonyl (C=O) groups is 2. The van der Waals surface area contributed by atoms with Crippen LogP contribution >= 0.6 is 0 Å². The van der Waals surface area contributed by atoms with Crippen LogP contribution in [0.1, 0.15) is 23.4 Å². The lowest BCUT2D eigenvalue weighted by atomic mass is 10.1. The molecule has 0 saturated carbocycles. The van der Waals surface area contributed by atoms with Gasteiger partial charge < -0.3 is 10.2 Å². The largest absolute Gasteiger partial charge is 0.335 e. The van der Waals surface area contributed by atoms with Gasteiger partial charge in [-0.2, -0.15) is 5.10 Å². The van der Waals surface area contributed by atoms with E-state index in [1.165, 1.54) is 6.08 Å². The third kappa shape index (κ3) is 4.15. The van der Waals surface area contributed by atoms with Crippen molar-refractivity contribution in [2.24, 2.45) is 0 Å². The van der Waals surface area contributed by atoms with Gasteiger partial charge in [0.2, 0.25) is 11.8 Å². The number of nitrogens with one attached hydrogen (secondary N) is 1. The van der Waals surface area contributed by atoms with E-state index in [9.17, 15) is 9.59 Å². The molecule has 0 saturated heterocycles. The van der Waals surface area contributed by atoms with Gasteiger partial charge in [-0.05, 0) is 43.2 Å². The lowest BCUT2D eigenvalue weighted by molar-refractivity contribution is -0.132. The monoisotopic (exact) mass is 338 g/mol. The van der Waals surface area contributed by atoms with Crippen molar-refractivity contribution in [3.8, 4) is 0 Å². The van der Waals surface area contributed by atoms with Gasteiger partial charge in [0.25, 0.3) is 0 Å². The summed E-state index contributed by atoms with van der Waals surface area (Å²) in [5, 5.41) is 7.12. The van der Waals surface area contributed by atoms with Crippen molar-refractivity contribution in [3.63, 3.8) is 0 Å². The first kappa shape index (κ1) is 17.0. The summed E-state index contributed by atoms with van der Waals surface area (Å²) >= 11 is 0.